The molecule has 0 unspecified atom stereocenters. The first-order chi connectivity index (χ1) is 9.63. The molecule has 2 heterocycles. The molecule has 0 fully saturated rings. The van der Waals surface area contributed by atoms with Gasteiger partial charge in [0.2, 0.25) is 0 Å². The zero-order valence-electron chi connectivity index (χ0n) is 12.1. The summed E-state index contributed by atoms with van der Waals surface area (Å²) in [6.45, 7) is 7.60. The third-order valence-electron chi connectivity index (χ3n) is 3.19. The number of carbonyl (C=O) groups is 1. The Balaban J connectivity index is 2.26. The van der Waals surface area contributed by atoms with E-state index in [4.69, 9.17) is 0 Å². The highest BCUT2D eigenvalue weighted by atomic mass is 16.1. The summed E-state index contributed by atoms with van der Waals surface area (Å²) >= 11 is 0. The van der Waals surface area contributed by atoms with Crippen LogP contribution in [0.4, 0.5) is 5.82 Å². The van der Waals surface area contributed by atoms with Gasteiger partial charge in [-0.3, -0.25) is 9.78 Å². The minimum atomic E-state index is 0.607. The number of anilines is 1. The summed E-state index contributed by atoms with van der Waals surface area (Å²) in [5.74, 6) is 0.904. The number of carbonyl (C=O) groups excluding carboxylic acids is 1. The van der Waals surface area contributed by atoms with Crippen molar-refractivity contribution in [3.8, 4) is 0 Å². The molecule has 0 spiro atoms. The van der Waals surface area contributed by atoms with Gasteiger partial charge in [0, 0.05) is 24.0 Å². The van der Waals surface area contributed by atoms with E-state index in [9.17, 15) is 4.79 Å². The molecule has 0 amide bonds. The van der Waals surface area contributed by atoms with Gasteiger partial charge in [-0.2, -0.15) is 0 Å². The second kappa shape index (κ2) is 6.28. The maximum absolute atomic E-state index is 10.8. The Morgan fingerprint density at radius 3 is 2.70 bits per heavy atom. The number of hydrogen-bond donors (Lipinski definition) is 0. The van der Waals surface area contributed by atoms with Crippen LogP contribution in [-0.2, 0) is 6.54 Å². The fraction of sp³-hybridized carbons (Fsp3) is 0.312. The molecule has 104 valence electrons. The summed E-state index contributed by atoms with van der Waals surface area (Å²) in [6.07, 6.45) is 2.43. The fourth-order valence-corrected chi connectivity index (χ4v) is 2.20. The maximum Gasteiger partial charge on any atom is 0.151 e. The smallest absolute Gasteiger partial charge is 0.151 e. The minimum Gasteiger partial charge on any atom is -0.351 e. The number of pyridine rings is 2. The van der Waals surface area contributed by atoms with E-state index in [0.29, 0.717) is 12.1 Å². The molecule has 0 saturated carbocycles. The Morgan fingerprint density at radius 1 is 1.30 bits per heavy atom. The zero-order chi connectivity index (χ0) is 14.5. The van der Waals surface area contributed by atoms with Crippen LogP contribution in [0.2, 0.25) is 0 Å². The van der Waals surface area contributed by atoms with Gasteiger partial charge in [0.25, 0.3) is 0 Å². The Labute approximate surface area is 119 Å². The van der Waals surface area contributed by atoms with Crippen LogP contribution in [0, 0.1) is 13.8 Å². The summed E-state index contributed by atoms with van der Waals surface area (Å²) in [4.78, 5) is 21.9. The maximum atomic E-state index is 10.8. The van der Waals surface area contributed by atoms with Crippen LogP contribution >= 0.6 is 0 Å². The van der Waals surface area contributed by atoms with Crippen LogP contribution in [0.3, 0.4) is 0 Å². The lowest BCUT2D eigenvalue weighted by Gasteiger charge is -2.23. The highest BCUT2D eigenvalue weighted by Crippen LogP contribution is 2.19. The lowest BCUT2D eigenvalue weighted by molar-refractivity contribution is 0.112. The lowest BCUT2D eigenvalue weighted by atomic mass is 10.2. The van der Waals surface area contributed by atoms with E-state index >= 15 is 0 Å². The van der Waals surface area contributed by atoms with Gasteiger partial charge in [0.1, 0.15) is 5.82 Å². The molecule has 4 heteroatoms. The van der Waals surface area contributed by atoms with E-state index in [1.165, 1.54) is 0 Å². The van der Waals surface area contributed by atoms with Crippen LogP contribution in [0.5, 0.6) is 0 Å². The normalized spacial score (nSPS) is 10.3. The van der Waals surface area contributed by atoms with Gasteiger partial charge in [0.05, 0.1) is 12.2 Å². The van der Waals surface area contributed by atoms with Gasteiger partial charge in [-0.15, -0.1) is 0 Å². The molecule has 2 aromatic heterocycles. The average molecular weight is 269 g/mol. The first-order valence-electron chi connectivity index (χ1n) is 6.73. The minimum absolute atomic E-state index is 0.607. The van der Waals surface area contributed by atoms with Crippen LogP contribution in [0.1, 0.15) is 34.2 Å². The molecule has 20 heavy (non-hydrogen) atoms. The molecular weight excluding hydrogens is 250 g/mol. The van der Waals surface area contributed by atoms with Crippen molar-refractivity contribution in [1.29, 1.82) is 0 Å². The molecule has 4 nitrogen and oxygen atoms in total. The number of hydrogen-bond acceptors (Lipinski definition) is 4. The van der Waals surface area contributed by atoms with Gasteiger partial charge in [-0.25, -0.2) is 4.98 Å². The van der Waals surface area contributed by atoms with Gasteiger partial charge in [0.15, 0.2) is 6.29 Å². The molecule has 0 aliphatic heterocycles. The predicted octanol–water partition coefficient (Wildman–Crippen LogP) is 2.93. The molecule has 2 aromatic rings. The Bertz CT molecular complexity index is 610. The van der Waals surface area contributed by atoms with E-state index < -0.39 is 0 Å². The third-order valence-corrected chi connectivity index (χ3v) is 3.19. The van der Waals surface area contributed by atoms with Crippen molar-refractivity contribution >= 4 is 12.1 Å². The Kier molecular flexibility index (Phi) is 4.45. The van der Waals surface area contributed by atoms with Crippen molar-refractivity contribution in [1.82, 2.24) is 9.97 Å². The van der Waals surface area contributed by atoms with Crippen LogP contribution in [-0.4, -0.2) is 22.8 Å². The summed E-state index contributed by atoms with van der Waals surface area (Å²) in [5, 5.41) is 0. The fourth-order valence-electron chi connectivity index (χ4n) is 2.20. The molecule has 0 aliphatic rings. The summed E-state index contributed by atoms with van der Waals surface area (Å²) in [6, 6.07) is 7.88. The van der Waals surface area contributed by atoms with Crippen molar-refractivity contribution in [3.05, 3.63) is 53.0 Å². The standard InChI is InChI=1S/C16H19N3O/c1-4-19(10-15-7-5-6-13(3)18-15)16-12(2)8-14(11-20)9-17-16/h5-9,11H,4,10H2,1-3H3. The third kappa shape index (κ3) is 3.20. The Hall–Kier alpha value is -2.23. The molecule has 0 radical (unpaired) electrons. The van der Waals surface area contributed by atoms with Gasteiger partial charge < -0.3 is 4.90 Å². The first-order valence-corrected chi connectivity index (χ1v) is 6.73. The van der Waals surface area contributed by atoms with E-state index in [0.717, 1.165) is 35.6 Å². The van der Waals surface area contributed by atoms with Crippen molar-refractivity contribution in [2.75, 3.05) is 11.4 Å². The monoisotopic (exact) mass is 269 g/mol. The quantitative estimate of drug-likeness (QED) is 0.783. The molecule has 2 rings (SSSR count). The molecule has 0 aliphatic carbocycles. The number of aromatic nitrogens is 2. The van der Waals surface area contributed by atoms with Crippen molar-refractivity contribution in [2.45, 2.75) is 27.3 Å². The van der Waals surface area contributed by atoms with E-state index in [1.807, 2.05) is 38.1 Å². The molecule has 0 atom stereocenters. The molecule has 0 saturated heterocycles. The Morgan fingerprint density at radius 2 is 2.10 bits per heavy atom. The van der Waals surface area contributed by atoms with Crippen molar-refractivity contribution in [2.24, 2.45) is 0 Å². The largest absolute Gasteiger partial charge is 0.351 e. The molecule has 0 bridgehead atoms. The van der Waals surface area contributed by atoms with Crippen molar-refractivity contribution in [3.63, 3.8) is 0 Å². The summed E-state index contributed by atoms with van der Waals surface area (Å²) < 4.78 is 0. The molecular formula is C16H19N3O. The van der Waals surface area contributed by atoms with Gasteiger partial charge >= 0.3 is 0 Å². The number of rotatable bonds is 5. The van der Waals surface area contributed by atoms with Crippen LogP contribution < -0.4 is 4.90 Å². The second-order valence-electron chi connectivity index (χ2n) is 4.81. The van der Waals surface area contributed by atoms with Crippen LogP contribution in [0.25, 0.3) is 0 Å². The lowest BCUT2D eigenvalue weighted by Crippen LogP contribution is -2.24. The summed E-state index contributed by atoms with van der Waals surface area (Å²) in [7, 11) is 0. The molecule has 0 aromatic carbocycles. The van der Waals surface area contributed by atoms with Gasteiger partial charge in [-0.1, -0.05) is 6.07 Å². The predicted molar refractivity (Wildman–Crippen MR) is 80.1 cm³/mol. The highest BCUT2D eigenvalue weighted by molar-refractivity contribution is 5.75. The zero-order valence-corrected chi connectivity index (χ0v) is 12.1. The van der Waals surface area contributed by atoms with Crippen molar-refractivity contribution < 1.29 is 4.79 Å². The van der Waals surface area contributed by atoms with E-state index in [-0.39, 0.29) is 0 Å². The van der Waals surface area contributed by atoms with E-state index in [1.54, 1.807) is 6.20 Å². The molecule has 0 N–H and O–H groups in total. The summed E-state index contributed by atoms with van der Waals surface area (Å²) in [5.41, 5.74) is 3.65. The second-order valence-corrected chi connectivity index (χ2v) is 4.81. The van der Waals surface area contributed by atoms with Crippen LogP contribution in [0.15, 0.2) is 30.5 Å². The number of aryl methyl sites for hydroxylation is 2. The average Bonchev–Trinajstić information content (AvgIpc) is 2.45. The van der Waals surface area contributed by atoms with Gasteiger partial charge in [-0.05, 0) is 44.5 Å². The first kappa shape index (κ1) is 14.2. The number of nitrogens with zero attached hydrogens (tertiary/aromatic N) is 3. The SMILES string of the molecule is CCN(Cc1cccc(C)n1)c1ncc(C=O)cc1C. The van der Waals surface area contributed by atoms with E-state index in [2.05, 4.69) is 21.8 Å². The highest BCUT2D eigenvalue weighted by Gasteiger charge is 2.11. The topological polar surface area (TPSA) is 46.1 Å². The number of aldehydes is 1.